The van der Waals surface area contributed by atoms with Gasteiger partial charge in [-0.25, -0.2) is 13.4 Å². The highest BCUT2D eigenvalue weighted by Gasteiger charge is 2.27. The van der Waals surface area contributed by atoms with Crippen molar-refractivity contribution in [1.29, 1.82) is 0 Å². The van der Waals surface area contributed by atoms with E-state index in [9.17, 15) is 13.5 Å². The number of rotatable bonds is 3. The molecular formula is C14H22N2O3S. The van der Waals surface area contributed by atoms with Crippen LogP contribution < -0.4 is 0 Å². The van der Waals surface area contributed by atoms with E-state index in [4.69, 9.17) is 0 Å². The van der Waals surface area contributed by atoms with Crippen molar-refractivity contribution in [3.63, 3.8) is 0 Å². The van der Waals surface area contributed by atoms with E-state index in [0.717, 1.165) is 50.2 Å². The van der Waals surface area contributed by atoms with Gasteiger partial charge >= 0.3 is 0 Å². The zero-order valence-corrected chi connectivity index (χ0v) is 12.5. The van der Waals surface area contributed by atoms with Crippen molar-refractivity contribution in [2.75, 3.05) is 18.1 Å². The molecule has 2 atom stereocenters. The van der Waals surface area contributed by atoms with E-state index in [0.29, 0.717) is 11.5 Å². The second-order valence-corrected chi connectivity index (χ2v) is 8.36. The molecule has 2 unspecified atom stereocenters. The lowest BCUT2D eigenvalue weighted by molar-refractivity contribution is 0.238. The molecule has 2 aliphatic rings. The SMILES string of the molecule is O=S1(=O)CCCC(Cc2cn3c(n2)C(CO)CCC3)C1. The molecule has 0 aliphatic carbocycles. The van der Waals surface area contributed by atoms with Crippen LogP contribution in [0.2, 0.25) is 0 Å². The van der Waals surface area contributed by atoms with Crippen LogP contribution in [0.15, 0.2) is 6.20 Å². The molecule has 2 aliphatic heterocycles. The molecule has 5 nitrogen and oxygen atoms in total. The molecule has 3 heterocycles. The van der Waals surface area contributed by atoms with Crippen molar-refractivity contribution >= 4 is 9.84 Å². The Morgan fingerprint density at radius 1 is 1.35 bits per heavy atom. The van der Waals surface area contributed by atoms with Gasteiger partial charge in [0.1, 0.15) is 5.82 Å². The first-order valence-electron chi connectivity index (χ1n) is 7.44. The largest absolute Gasteiger partial charge is 0.396 e. The fraction of sp³-hybridized carbons (Fsp3) is 0.786. The third kappa shape index (κ3) is 2.91. The van der Waals surface area contributed by atoms with Gasteiger partial charge in [0.2, 0.25) is 0 Å². The van der Waals surface area contributed by atoms with E-state index < -0.39 is 9.84 Å². The smallest absolute Gasteiger partial charge is 0.150 e. The minimum atomic E-state index is -2.84. The number of aromatic nitrogens is 2. The average molecular weight is 298 g/mol. The first-order chi connectivity index (χ1) is 9.57. The number of sulfone groups is 1. The molecule has 1 saturated heterocycles. The van der Waals surface area contributed by atoms with Crippen molar-refractivity contribution in [1.82, 2.24) is 9.55 Å². The van der Waals surface area contributed by atoms with E-state index in [1.165, 1.54) is 0 Å². The summed E-state index contributed by atoms with van der Waals surface area (Å²) in [5.41, 5.74) is 0.988. The Morgan fingerprint density at radius 3 is 2.95 bits per heavy atom. The van der Waals surface area contributed by atoms with Crippen LogP contribution in [0, 0.1) is 5.92 Å². The van der Waals surface area contributed by atoms with E-state index in [1.807, 2.05) is 0 Å². The molecule has 0 radical (unpaired) electrons. The van der Waals surface area contributed by atoms with Crippen LogP contribution in [0.5, 0.6) is 0 Å². The lowest BCUT2D eigenvalue weighted by Gasteiger charge is -2.21. The standard InChI is InChI=1S/C14H22N2O3S/c17-9-12-4-1-5-16-8-13(15-14(12)16)7-11-3-2-6-20(18,19)10-11/h8,11-12,17H,1-7,9-10H2. The van der Waals surface area contributed by atoms with Crippen molar-refractivity contribution in [2.45, 2.75) is 44.6 Å². The van der Waals surface area contributed by atoms with Gasteiger partial charge in [-0.1, -0.05) is 0 Å². The van der Waals surface area contributed by atoms with Gasteiger partial charge in [0, 0.05) is 18.7 Å². The Labute approximate surface area is 119 Å². The summed E-state index contributed by atoms with van der Waals surface area (Å²) < 4.78 is 25.5. The van der Waals surface area contributed by atoms with Crippen LogP contribution in [0.3, 0.4) is 0 Å². The summed E-state index contributed by atoms with van der Waals surface area (Å²) in [5, 5.41) is 9.40. The Bertz CT molecular complexity index is 579. The number of imidazole rings is 1. The van der Waals surface area contributed by atoms with Gasteiger partial charge in [-0.05, 0) is 38.0 Å². The summed E-state index contributed by atoms with van der Waals surface area (Å²) in [5.74, 6) is 1.98. The van der Waals surface area contributed by atoms with Gasteiger partial charge in [0.05, 0.1) is 23.8 Å². The van der Waals surface area contributed by atoms with Gasteiger partial charge in [0.25, 0.3) is 0 Å². The molecule has 3 rings (SSSR count). The summed E-state index contributed by atoms with van der Waals surface area (Å²) in [6.45, 7) is 1.11. The van der Waals surface area contributed by atoms with Crippen LogP contribution >= 0.6 is 0 Å². The number of fused-ring (bicyclic) bond motifs is 1. The fourth-order valence-corrected chi connectivity index (χ4v) is 5.25. The zero-order chi connectivity index (χ0) is 14.2. The van der Waals surface area contributed by atoms with Crippen molar-refractivity contribution in [3.8, 4) is 0 Å². The number of aliphatic hydroxyl groups is 1. The zero-order valence-electron chi connectivity index (χ0n) is 11.7. The van der Waals surface area contributed by atoms with Crippen LogP contribution in [-0.4, -0.2) is 41.2 Å². The van der Waals surface area contributed by atoms with Crippen LogP contribution in [0.1, 0.15) is 43.1 Å². The fourth-order valence-electron chi connectivity index (χ4n) is 3.47. The maximum atomic E-state index is 11.7. The predicted octanol–water partition coefficient (Wildman–Crippen LogP) is 1.12. The summed E-state index contributed by atoms with van der Waals surface area (Å²) in [4.78, 5) is 4.65. The van der Waals surface area contributed by atoms with Gasteiger partial charge < -0.3 is 9.67 Å². The summed E-state index contributed by atoms with van der Waals surface area (Å²) in [6.07, 6.45) is 6.62. The Hall–Kier alpha value is -0.880. The highest BCUT2D eigenvalue weighted by Crippen LogP contribution is 2.28. The third-order valence-electron chi connectivity index (χ3n) is 4.45. The van der Waals surface area contributed by atoms with E-state index >= 15 is 0 Å². The van der Waals surface area contributed by atoms with E-state index in [-0.39, 0.29) is 18.4 Å². The molecule has 112 valence electrons. The molecule has 6 heteroatoms. The minimum Gasteiger partial charge on any atom is -0.396 e. The number of aryl methyl sites for hydroxylation is 1. The lowest BCUT2D eigenvalue weighted by atomic mass is 10.00. The Balaban J connectivity index is 1.74. The second kappa shape index (κ2) is 5.48. The number of aliphatic hydroxyl groups excluding tert-OH is 1. The van der Waals surface area contributed by atoms with Gasteiger partial charge in [-0.2, -0.15) is 0 Å². The van der Waals surface area contributed by atoms with Gasteiger partial charge in [-0.15, -0.1) is 0 Å². The molecule has 0 saturated carbocycles. The molecule has 1 fully saturated rings. The molecule has 1 aromatic heterocycles. The molecule has 20 heavy (non-hydrogen) atoms. The number of hydrogen-bond acceptors (Lipinski definition) is 4. The predicted molar refractivity (Wildman–Crippen MR) is 76.4 cm³/mol. The van der Waals surface area contributed by atoms with Gasteiger partial charge in [-0.3, -0.25) is 0 Å². The summed E-state index contributed by atoms with van der Waals surface area (Å²) in [6, 6.07) is 0. The van der Waals surface area contributed by atoms with Crippen LogP contribution in [0.4, 0.5) is 0 Å². The highest BCUT2D eigenvalue weighted by molar-refractivity contribution is 7.91. The van der Waals surface area contributed by atoms with Crippen molar-refractivity contribution in [3.05, 3.63) is 17.7 Å². The molecular weight excluding hydrogens is 276 g/mol. The molecule has 0 aromatic carbocycles. The maximum absolute atomic E-state index is 11.7. The topological polar surface area (TPSA) is 72.2 Å². The average Bonchev–Trinajstić information content (AvgIpc) is 2.79. The first-order valence-corrected chi connectivity index (χ1v) is 9.27. The van der Waals surface area contributed by atoms with Crippen LogP contribution in [-0.2, 0) is 22.8 Å². The van der Waals surface area contributed by atoms with E-state index in [2.05, 4.69) is 15.7 Å². The summed E-state index contributed by atoms with van der Waals surface area (Å²) >= 11 is 0. The number of nitrogens with zero attached hydrogens (tertiary/aromatic N) is 2. The molecule has 0 amide bonds. The van der Waals surface area contributed by atoms with Crippen LogP contribution in [0.25, 0.3) is 0 Å². The maximum Gasteiger partial charge on any atom is 0.150 e. The Morgan fingerprint density at radius 2 is 2.20 bits per heavy atom. The monoisotopic (exact) mass is 298 g/mol. The third-order valence-corrected chi connectivity index (χ3v) is 6.34. The minimum absolute atomic E-state index is 0.146. The number of hydrogen-bond donors (Lipinski definition) is 1. The second-order valence-electron chi connectivity index (χ2n) is 6.13. The quantitative estimate of drug-likeness (QED) is 0.907. The summed E-state index contributed by atoms with van der Waals surface area (Å²) in [7, 11) is -2.84. The molecule has 1 aromatic rings. The molecule has 0 spiro atoms. The molecule has 1 N–H and O–H groups in total. The van der Waals surface area contributed by atoms with E-state index in [1.54, 1.807) is 0 Å². The lowest BCUT2D eigenvalue weighted by Crippen LogP contribution is -2.26. The normalized spacial score (nSPS) is 29.1. The van der Waals surface area contributed by atoms with Crippen molar-refractivity contribution < 1.29 is 13.5 Å². The molecule has 0 bridgehead atoms. The first kappa shape index (κ1) is 14.1. The van der Waals surface area contributed by atoms with Gasteiger partial charge in [0.15, 0.2) is 9.84 Å². The highest BCUT2D eigenvalue weighted by atomic mass is 32.2. The van der Waals surface area contributed by atoms with Crippen molar-refractivity contribution in [2.24, 2.45) is 5.92 Å². The Kier molecular flexibility index (Phi) is 3.86.